The molecule has 9 atom stereocenters. The van der Waals surface area contributed by atoms with Crippen molar-refractivity contribution in [3.63, 3.8) is 0 Å². The molecule has 0 heterocycles. The number of ketones is 1. The summed E-state index contributed by atoms with van der Waals surface area (Å²) in [6.07, 6.45) is -6.99. The number of hydrogen-bond acceptors (Lipinski definition) is 14. The lowest BCUT2D eigenvalue weighted by atomic mass is 9.59. The molecule has 2 fully saturated rings. The van der Waals surface area contributed by atoms with Crippen molar-refractivity contribution in [2.45, 2.75) is 110 Å². The molecule has 4 aliphatic rings. The van der Waals surface area contributed by atoms with Gasteiger partial charge in [-0.1, -0.05) is 39.0 Å². The Kier molecular flexibility index (Phi) is 9.74. The minimum Gasteiger partial charge on any atom is -0.458 e. The molecule has 0 spiro atoms. The van der Waals surface area contributed by atoms with E-state index in [4.69, 9.17) is 28.4 Å². The second-order valence-electron chi connectivity index (χ2n) is 15.0. The van der Waals surface area contributed by atoms with Gasteiger partial charge in [0.05, 0.1) is 16.9 Å². The number of carbonyl (C=O) groups is 7. The highest BCUT2D eigenvalue weighted by Gasteiger charge is 2.80. The monoisotopic (exact) mass is 712 g/mol. The van der Waals surface area contributed by atoms with E-state index in [1.165, 1.54) is 12.1 Å². The van der Waals surface area contributed by atoms with Crippen LogP contribution in [0.2, 0.25) is 0 Å². The molecule has 14 heteroatoms. The van der Waals surface area contributed by atoms with Gasteiger partial charge in [0.25, 0.3) is 0 Å². The highest BCUT2D eigenvalue weighted by atomic mass is 16.6. The molecule has 2 bridgehead atoms. The zero-order chi connectivity index (χ0) is 37.8. The van der Waals surface area contributed by atoms with Gasteiger partial charge in [0, 0.05) is 45.1 Å². The Balaban J connectivity index is 1.86. The Labute approximate surface area is 295 Å². The van der Waals surface area contributed by atoms with Crippen molar-refractivity contribution in [2.75, 3.05) is 6.61 Å². The molecule has 2 saturated carbocycles. The predicted molar refractivity (Wildman–Crippen MR) is 173 cm³/mol. The normalized spacial score (nSPS) is 34.6. The first kappa shape index (κ1) is 37.7. The fourth-order valence-corrected chi connectivity index (χ4v) is 9.06. The largest absolute Gasteiger partial charge is 0.458 e. The zero-order valence-corrected chi connectivity index (χ0v) is 29.9. The van der Waals surface area contributed by atoms with Crippen LogP contribution in [0.15, 0.2) is 41.5 Å². The summed E-state index contributed by atoms with van der Waals surface area (Å²) in [4.78, 5) is 92.4. The molecule has 4 aliphatic carbocycles. The van der Waals surface area contributed by atoms with E-state index in [1.54, 1.807) is 45.9 Å². The number of hydrogen-bond donors (Lipinski definition) is 1. The molecule has 0 unspecified atom stereocenters. The summed E-state index contributed by atoms with van der Waals surface area (Å²) in [5, 5.41) is 13.2. The number of rotatable bonds is 8. The molecule has 0 saturated heterocycles. The van der Waals surface area contributed by atoms with Gasteiger partial charge in [-0.15, -0.1) is 0 Å². The molecule has 0 amide bonds. The Bertz CT molecular complexity index is 1700. The van der Waals surface area contributed by atoms with Gasteiger partial charge < -0.3 is 33.5 Å². The third-order valence-electron chi connectivity index (χ3n) is 10.7. The van der Waals surface area contributed by atoms with Gasteiger partial charge >= 0.3 is 35.8 Å². The molecule has 1 aromatic rings. The average Bonchev–Trinajstić information content (AvgIpc) is 3.41. The van der Waals surface area contributed by atoms with Crippen molar-refractivity contribution >= 4 is 41.6 Å². The quantitative estimate of drug-likeness (QED) is 0.305. The van der Waals surface area contributed by atoms with Crippen molar-refractivity contribution in [3.05, 3.63) is 47.0 Å². The maximum absolute atomic E-state index is 14.2. The van der Waals surface area contributed by atoms with Crippen LogP contribution in [0, 0.1) is 22.7 Å². The van der Waals surface area contributed by atoms with Crippen LogP contribution < -0.4 is 0 Å². The van der Waals surface area contributed by atoms with Gasteiger partial charge in [-0.3, -0.25) is 24.0 Å². The summed E-state index contributed by atoms with van der Waals surface area (Å²) in [5.74, 6) is -7.95. The van der Waals surface area contributed by atoms with Crippen LogP contribution in [0.4, 0.5) is 0 Å². The van der Waals surface area contributed by atoms with Gasteiger partial charge in [-0.25, -0.2) is 9.59 Å². The highest BCUT2D eigenvalue weighted by Crippen LogP contribution is 2.67. The first-order valence-electron chi connectivity index (χ1n) is 16.8. The van der Waals surface area contributed by atoms with Gasteiger partial charge in [0.2, 0.25) is 0 Å². The summed E-state index contributed by atoms with van der Waals surface area (Å²) in [5.41, 5.74) is -6.58. The minimum atomic E-state index is -2.28. The number of ether oxygens (including phenoxy) is 6. The van der Waals surface area contributed by atoms with Crippen molar-refractivity contribution in [1.82, 2.24) is 0 Å². The fraction of sp³-hybridized carbons (Fsp3) is 0.595. The Morgan fingerprint density at radius 3 is 1.98 bits per heavy atom. The zero-order valence-electron chi connectivity index (χ0n) is 29.9. The molecule has 276 valence electrons. The molecular weight excluding hydrogens is 668 g/mol. The minimum absolute atomic E-state index is 0.100. The van der Waals surface area contributed by atoms with Crippen LogP contribution >= 0.6 is 0 Å². The van der Waals surface area contributed by atoms with Crippen molar-refractivity contribution in [1.29, 1.82) is 0 Å². The van der Waals surface area contributed by atoms with Crippen molar-refractivity contribution in [3.8, 4) is 0 Å². The van der Waals surface area contributed by atoms with Gasteiger partial charge in [-0.2, -0.15) is 0 Å². The fourth-order valence-electron chi connectivity index (χ4n) is 9.06. The SMILES string of the molecule is CC(=O)OCC(=O)O[C@@H]1[C@H]2[C@H](OC(=O)c3ccccc3)[C@@H](C)C[C@]2(O)[C@@H](OC(C)=O)[C@@]2(C)C3=C(C[C@]1(OC(C)=O)[C@@H]2OC(C)=O)C(=O)C(C)(C)C3. The lowest BCUT2D eigenvalue weighted by Crippen LogP contribution is -2.67. The van der Waals surface area contributed by atoms with Crippen molar-refractivity contribution < 1.29 is 67.1 Å². The topological polar surface area (TPSA) is 195 Å². The molecular formula is C37H44O14. The Morgan fingerprint density at radius 2 is 1.41 bits per heavy atom. The molecule has 51 heavy (non-hydrogen) atoms. The summed E-state index contributed by atoms with van der Waals surface area (Å²) in [7, 11) is 0. The predicted octanol–water partition coefficient (Wildman–Crippen LogP) is 2.96. The molecule has 14 nitrogen and oxygen atoms in total. The molecule has 1 aromatic carbocycles. The van der Waals surface area contributed by atoms with Crippen molar-refractivity contribution in [2.24, 2.45) is 22.7 Å². The van der Waals surface area contributed by atoms with E-state index in [-0.39, 0.29) is 29.8 Å². The number of esters is 6. The third kappa shape index (κ3) is 6.31. The van der Waals surface area contributed by atoms with Crippen LogP contribution in [0.5, 0.6) is 0 Å². The van der Waals surface area contributed by atoms with E-state index >= 15 is 0 Å². The number of benzene rings is 1. The third-order valence-corrected chi connectivity index (χ3v) is 10.7. The van der Waals surface area contributed by atoms with Gasteiger partial charge in [0.1, 0.15) is 17.8 Å². The van der Waals surface area contributed by atoms with E-state index in [0.717, 1.165) is 27.7 Å². The smallest absolute Gasteiger partial charge is 0.344 e. The lowest BCUT2D eigenvalue weighted by molar-refractivity contribution is -0.239. The summed E-state index contributed by atoms with van der Waals surface area (Å²) < 4.78 is 35.4. The summed E-state index contributed by atoms with van der Waals surface area (Å²) in [6, 6.07) is 8.00. The van der Waals surface area contributed by atoms with E-state index < -0.39 is 107 Å². The van der Waals surface area contributed by atoms with Crippen LogP contribution in [0.1, 0.15) is 85.0 Å². The maximum atomic E-state index is 14.2. The highest BCUT2D eigenvalue weighted by molar-refractivity contribution is 6.04. The van der Waals surface area contributed by atoms with E-state index in [1.807, 2.05) is 0 Å². The first-order valence-corrected chi connectivity index (χ1v) is 16.8. The number of aliphatic hydroxyl groups is 1. The molecule has 0 aromatic heterocycles. The van der Waals surface area contributed by atoms with Crippen LogP contribution in [0.3, 0.4) is 0 Å². The molecule has 1 N–H and O–H groups in total. The number of Topliss-reactive ketones (excluding diaryl/α,β-unsaturated/α-hetero) is 1. The van der Waals surface area contributed by atoms with E-state index in [9.17, 15) is 38.7 Å². The first-order chi connectivity index (χ1) is 23.7. The van der Waals surface area contributed by atoms with Crippen LogP contribution in [0.25, 0.3) is 0 Å². The molecule has 0 aliphatic heterocycles. The Morgan fingerprint density at radius 1 is 0.804 bits per heavy atom. The summed E-state index contributed by atoms with van der Waals surface area (Å²) in [6.45, 7) is 10.1. The number of fused-ring (bicyclic) bond motifs is 4. The second-order valence-corrected chi connectivity index (χ2v) is 15.0. The van der Waals surface area contributed by atoms with Crippen LogP contribution in [-0.2, 0) is 57.2 Å². The number of carbonyl (C=O) groups excluding carboxylic acids is 7. The Hall–Kier alpha value is -4.59. The molecule has 5 rings (SSSR count). The van der Waals surface area contributed by atoms with E-state index in [0.29, 0.717) is 5.57 Å². The second kappa shape index (κ2) is 13.2. The maximum Gasteiger partial charge on any atom is 0.344 e. The molecule has 0 radical (unpaired) electrons. The van der Waals surface area contributed by atoms with E-state index in [2.05, 4.69) is 0 Å². The van der Waals surface area contributed by atoms with Gasteiger partial charge in [-0.05, 0) is 43.4 Å². The van der Waals surface area contributed by atoms with Crippen LogP contribution in [-0.4, -0.2) is 88.9 Å². The average molecular weight is 713 g/mol. The lowest BCUT2D eigenvalue weighted by Gasteiger charge is -2.54. The summed E-state index contributed by atoms with van der Waals surface area (Å²) >= 11 is 0. The van der Waals surface area contributed by atoms with Gasteiger partial charge in [0.15, 0.2) is 30.2 Å². The standard InChI is InChI=1S/C37H44O14/c1-18-14-36(45)27(28(18)50-31(44)23-12-10-9-11-13-23)30(49-26(42)17-46-19(2)38)37(51-22(5)41)15-24-25(16-34(6,7)29(24)43)35(8,32(36)47-20(3)39)33(37)48-21(4)40/h9-13,18,27-28,30,32-33,45H,14-17H2,1-8H3/t18-,27+,28+,30+,32-,33+,35+,36+,37+/m0/s1.